The second-order valence-electron chi connectivity index (χ2n) is 6.14. The molecule has 1 saturated carbocycles. The van der Waals surface area contributed by atoms with Crippen LogP contribution >= 0.6 is 0 Å². The molecule has 0 aromatic heterocycles. The zero-order valence-electron chi connectivity index (χ0n) is 12.2. The molecule has 1 aliphatic carbocycles. The van der Waals surface area contributed by atoms with Gasteiger partial charge in [0, 0.05) is 24.8 Å². The molecule has 108 valence electrons. The summed E-state index contributed by atoms with van der Waals surface area (Å²) in [6, 6.07) is 15.7. The van der Waals surface area contributed by atoms with Crippen molar-refractivity contribution in [1.29, 1.82) is 0 Å². The molecule has 3 heteroatoms. The lowest BCUT2D eigenvalue weighted by Crippen LogP contribution is -2.19. The Balaban J connectivity index is 1.55. The van der Waals surface area contributed by atoms with Gasteiger partial charge in [0.2, 0.25) is 0 Å². The van der Waals surface area contributed by atoms with E-state index >= 15 is 0 Å². The van der Waals surface area contributed by atoms with Crippen molar-refractivity contribution >= 4 is 17.1 Å². The van der Waals surface area contributed by atoms with Crippen LogP contribution in [-0.2, 0) is 13.0 Å². The van der Waals surface area contributed by atoms with Crippen molar-refractivity contribution in [2.75, 3.05) is 22.5 Å². The number of para-hydroxylation sites is 1. The van der Waals surface area contributed by atoms with E-state index in [2.05, 4.69) is 46.6 Å². The predicted molar refractivity (Wildman–Crippen MR) is 88.7 cm³/mol. The van der Waals surface area contributed by atoms with Crippen LogP contribution in [0.5, 0.6) is 0 Å². The normalized spacial score (nSPS) is 16.9. The maximum atomic E-state index is 6.07. The third-order valence-electron chi connectivity index (χ3n) is 4.41. The molecule has 0 amide bonds. The van der Waals surface area contributed by atoms with Crippen molar-refractivity contribution in [2.45, 2.75) is 31.8 Å². The fourth-order valence-corrected chi connectivity index (χ4v) is 3.07. The van der Waals surface area contributed by atoms with Gasteiger partial charge in [0.05, 0.1) is 11.4 Å². The minimum Gasteiger partial charge on any atom is -0.397 e. The van der Waals surface area contributed by atoms with Gasteiger partial charge in [0.1, 0.15) is 0 Å². The van der Waals surface area contributed by atoms with Gasteiger partial charge < -0.3 is 16.0 Å². The van der Waals surface area contributed by atoms with E-state index in [9.17, 15) is 0 Å². The molecule has 3 nitrogen and oxygen atoms in total. The van der Waals surface area contributed by atoms with Crippen LogP contribution in [0.25, 0.3) is 0 Å². The van der Waals surface area contributed by atoms with Crippen molar-refractivity contribution in [3.8, 4) is 0 Å². The highest BCUT2D eigenvalue weighted by molar-refractivity contribution is 5.68. The Hall–Kier alpha value is -2.16. The van der Waals surface area contributed by atoms with Crippen LogP contribution in [0.3, 0.4) is 0 Å². The molecule has 4 rings (SSSR count). The zero-order valence-corrected chi connectivity index (χ0v) is 12.2. The number of anilines is 3. The van der Waals surface area contributed by atoms with Crippen LogP contribution in [0.4, 0.5) is 17.1 Å². The van der Waals surface area contributed by atoms with Gasteiger partial charge in [0.25, 0.3) is 0 Å². The van der Waals surface area contributed by atoms with Crippen molar-refractivity contribution < 1.29 is 0 Å². The first-order chi connectivity index (χ1) is 10.3. The maximum absolute atomic E-state index is 6.07. The standard InChI is InChI=1S/C18H21N3/c19-16-8-5-13(11-17(16)20-15-6-7-15)12-21-10-9-14-3-1-2-4-18(14)21/h1-5,8,11,15,20H,6-7,9-10,12,19H2. The number of fused-ring (bicyclic) bond motifs is 1. The maximum Gasteiger partial charge on any atom is 0.0579 e. The second kappa shape index (κ2) is 4.99. The molecule has 0 bridgehead atoms. The lowest BCUT2D eigenvalue weighted by molar-refractivity contribution is 0.836. The summed E-state index contributed by atoms with van der Waals surface area (Å²) in [4.78, 5) is 2.46. The van der Waals surface area contributed by atoms with Crippen LogP contribution in [0.15, 0.2) is 42.5 Å². The van der Waals surface area contributed by atoms with E-state index in [1.807, 2.05) is 6.07 Å². The topological polar surface area (TPSA) is 41.3 Å². The van der Waals surface area contributed by atoms with Gasteiger partial charge in [-0.1, -0.05) is 24.3 Å². The zero-order chi connectivity index (χ0) is 14.2. The number of hydrogen-bond donors (Lipinski definition) is 2. The Bertz CT molecular complexity index is 661. The number of benzene rings is 2. The first-order valence-corrected chi connectivity index (χ1v) is 7.77. The Morgan fingerprint density at radius 1 is 1.14 bits per heavy atom. The summed E-state index contributed by atoms with van der Waals surface area (Å²) in [5.41, 5.74) is 12.2. The number of nitrogen functional groups attached to an aromatic ring is 1. The van der Waals surface area contributed by atoms with Crippen molar-refractivity contribution in [1.82, 2.24) is 0 Å². The van der Waals surface area contributed by atoms with Crippen LogP contribution in [0, 0.1) is 0 Å². The van der Waals surface area contributed by atoms with Gasteiger partial charge in [-0.05, 0) is 48.6 Å². The van der Waals surface area contributed by atoms with E-state index in [0.29, 0.717) is 6.04 Å². The first kappa shape index (κ1) is 12.6. The lowest BCUT2D eigenvalue weighted by Gasteiger charge is -2.20. The minimum atomic E-state index is 0.634. The number of rotatable bonds is 4. The highest BCUT2D eigenvalue weighted by atomic mass is 15.1. The Morgan fingerprint density at radius 3 is 2.86 bits per heavy atom. The summed E-state index contributed by atoms with van der Waals surface area (Å²) in [5.74, 6) is 0. The molecule has 2 aromatic carbocycles. The summed E-state index contributed by atoms with van der Waals surface area (Å²) >= 11 is 0. The highest BCUT2D eigenvalue weighted by Crippen LogP contribution is 2.31. The Morgan fingerprint density at radius 2 is 2.00 bits per heavy atom. The van der Waals surface area contributed by atoms with E-state index < -0.39 is 0 Å². The summed E-state index contributed by atoms with van der Waals surface area (Å²) in [6.07, 6.45) is 3.69. The van der Waals surface area contributed by atoms with Crippen LogP contribution in [-0.4, -0.2) is 12.6 Å². The van der Waals surface area contributed by atoms with Gasteiger partial charge in [-0.2, -0.15) is 0 Å². The quantitative estimate of drug-likeness (QED) is 0.843. The third kappa shape index (κ3) is 2.56. The van der Waals surface area contributed by atoms with Gasteiger partial charge in [0.15, 0.2) is 0 Å². The number of nitrogens with two attached hydrogens (primary N) is 1. The SMILES string of the molecule is Nc1ccc(CN2CCc3ccccc32)cc1NC1CC1. The summed E-state index contributed by atoms with van der Waals surface area (Å²) in [6.45, 7) is 2.06. The number of nitrogens with zero attached hydrogens (tertiary/aromatic N) is 1. The van der Waals surface area contributed by atoms with Gasteiger partial charge >= 0.3 is 0 Å². The lowest BCUT2D eigenvalue weighted by atomic mass is 10.1. The largest absolute Gasteiger partial charge is 0.397 e. The van der Waals surface area contributed by atoms with Gasteiger partial charge in [-0.15, -0.1) is 0 Å². The molecule has 21 heavy (non-hydrogen) atoms. The average molecular weight is 279 g/mol. The molecule has 0 radical (unpaired) electrons. The molecule has 1 fully saturated rings. The summed E-state index contributed by atoms with van der Waals surface area (Å²) < 4.78 is 0. The first-order valence-electron chi connectivity index (χ1n) is 7.77. The molecular formula is C18H21N3. The molecule has 1 aliphatic heterocycles. The molecule has 0 saturated heterocycles. The third-order valence-corrected chi connectivity index (χ3v) is 4.41. The highest BCUT2D eigenvalue weighted by Gasteiger charge is 2.22. The van der Waals surface area contributed by atoms with E-state index in [1.165, 1.54) is 29.7 Å². The Kier molecular flexibility index (Phi) is 2.99. The smallest absolute Gasteiger partial charge is 0.0579 e. The van der Waals surface area contributed by atoms with E-state index in [0.717, 1.165) is 30.9 Å². The minimum absolute atomic E-state index is 0.634. The molecular weight excluding hydrogens is 258 g/mol. The van der Waals surface area contributed by atoms with E-state index in [4.69, 9.17) is 5.73 Å². The Labute approximate surface area is 125 Å². The van der Waals surface area contributed by atoms with Crippen molar-refractivity contribution in [3.63, 3.8) is 0 Å². The number of nitrogens with one attached hydrogen (secondary N) is 1. The second-order valence-corrected chi connectivity index (χ2v) is 6.14. The molecule has 2 aliphatic rings. The van der Waals surface area contributed by atoms with Crippen LogP contribution in [0.1, 0.15) is 24.0 Å². The van der Waals surface area contributed by atoms with Crippen LogP contribution < -0.4 is 16.0 Å². The fourth-order valence-electron chi connectivity index (χ4n) is 3.07. The van der Waals surface area contributed by atoms with Crippen molar-refractivity contribution in [2.24, 2.45) is 0 Å². The molecule has 2 aromatic rings. The number of hydrogen-bond acceptors (Lipinski definition) is 3. The fraction of sp³-hybridized carbons (Fsp3) is 0.333. The summed E-state index contributed by atoms with van der Waals surface area (Å²) in [5, 5.41) is 3.53. The van der Waals surface area contributed by atoms with Crippen molar-refractivity contribution in [3.05, 3.63) is 53.6 Å². The molecule has 0 atom stereocenters. The van der Waals surface area contributed by atoms with Crippen LogP contribution in [0.2, 0.25) is 0 Å². The van der Waals surface area contributed by atoms with E-state index in [1.54, 1.807) is 0 Å². The average Bonchev–Trinajstić information content (AvgIpc) is 3.23. The summed E-state index contributed by atoms with van der Waals surface area (Å²) in [7, 11) is 0. The molecule has 0 unspecified atom stereocenters. The van der Waals surface area contributed by atoms with E-state index in [-0.39, 0.29) is 0 Å². The molecule has 3 N–H and O–H groups in total. The van der Waals surface area contributed by atoms with Gasteiger partial charge in [-0.3, -0.25) is 0 Å². The molecule has 1 heterocycles. The van der Waals surface area contributed by atoms with Gasteiger partial charge in [-0.25, -0.2) is 0 Å². The predicted octanol–water partition coefficient (Wildman–Crippen LogP) is 3.41. The molecule has 0 spiro atoms. The monoisotopic (exact) mass is 279 g/mol.